The summed E-state index contributed by atoms with van der Waals surface area (Å²) in [5.74, 6) is 2.51. The van der Waals surface area contributed by atoms with Gasteiger partial charge in [-0.1, -0.05) is 18.2 Å². The zero-order valence-electron chi connectivity index (χ0n) is 11.3. The van der Waals surface area contributed by atoms with Crippen LogP contribution in [-0.2, 0) is 4.79 Å². The Morgan fingerprint density at radius 2 is 2.20 bits per heavy atom. The molecule has 2 atom stereocenters. The van der Waals surface area contributed by atoms with Crippen LogP contribution in [0.2, 0.25) is 0 Å². The van der Waals surface area contributed by atoms with E-state index in [2.05, 4.69) is 29.2 Å². The van der Waals surface area contributed by atoms with Gasteiger partial charge in [-0.05, 0) is 23.8 Å². The van der Waals surface area contributed by atoms with Crippen LogP contribution in [0.5, 0.6) is 0 Å². The Morgan fingerprint density at radius 3 is 3.05 bits per heavy atom. The number of nitrogens with zero attached hydrogens (tertiary/aromatic N) is 1. The molecule has 2 aliphatic rings. The molecular weight excluding hydrogens is 290 g/mol. The highest BCUT2D eigenvalue weighted by Gasteiger charge is 2.33. The van der Waals surface area contributed by atoms with Crippen LogP contribution in [0.4, 0.5) is 0 Å². The minimum atomic E-state index is -0.680. The molecule has 0 aromatic heterocycles. The predicted octanol–water partition coefficient (Wildman–Crippen LogP) is 3.12. The van der Waals surface area contributed by atoms with Crippen molar-refractivity contribution in [3.63, 3.8) is 0 Å². The lowest BCUT2D eigenvalue weighted by molar-refractivity contribution is -0.138. The van der Waals surface area contributed by atoms with Crippen LogP contribution in [0.3, 0.4) is 0 Å². The maximum atomic E-state index is 11.1. The number of aliphatic carboxylic acids is 1. The van der Waals surface area contributed by atoms with E-state index in [0.717, 1.165) is 30.2 Å². The minimum absolute atomic E-state index is 0.174. The molecule has 108 valence electrons. The summed E-state index contributed by atoms with van der Waals surface area (Å²) in [5.41, 5.74) is 1.39. The lowest BCUT2D eigenvalue weighted by atomic mass is 9.99. The number of thioether (sulfide) groups is 2. The van der Waals surface area contributed by atoms with Gasteiger partial charge in [0.2, 0.25) is 0 Å². The number of carboxylic acids is 1. The molecule has 0 spiro atoms. The third-order valence-corrected chi connectivity index (χ3v) is 6.22. The van der Waals surface area contributed by atoms with Gasteiger partial charge in [-0.15, -0.1) is 11.8 Å². The van der Waals surface area contributed by atoms with E-state index in [4.69, 9.17) is 5.11 Å². The lowest BCUT2D eigenvalue weighted by Gasteiger charge is -2.42. The number of hydrogen-bond acceptors (Lipinski definition) is 4. The second-order valence-electron chi connectivity index (χ2n) is 5.26. The van der Waals surface area contributed by atoms with Crippen LogP contribution < -0.4 is 0 Å². The van der Waals surface area contributed by atoms with E-state index < -0.39 is 5.97 Å². The summed E-state index contributed by atoms with van der Waals surface area (Å²) >= 11 is 3.81. The zero-order valence-corrected chi connectivity index (χ0v) is 13.0. The molecule has 1 saturated heterocycles. The van der Waals surface area contributed by atoms with Gasteiger partial charge >= 0.3 is 5.97 Å². The summed E-state index contributed by atoms with van der Waals surface area (Å²) in [4.78, 5) is 14.9. The molecule has 2 aliphatic heterocycles. The molecule has 3 nitrogen and oxygen atoms in total. The highest BCUT2D eigenvalue weighted by atomic mass is 32.2. The quantitative estimate of drug-likeness (QED) is 0.929. The summed E-state index contributed by atoms with van der Waals surface area (Å²) in [5, 5.41) is 9.14. The summed E-state index contributed by atoms with van der Waals surface area (Å²) in [6, 6.07) is 9.17. The van der Waals surface area contributed by atoms with Crippen molar-refractivity contribution in [3.05, 3.63) is 29.8 Å². The molecule has 1 aromatic rings. The highest BCUT2D eigenvalue weighted by Crippen LogP contribution is 2.41. The maximum absolute atomic E-state index is 11.1. The van der Waals surface area contributed by atoms with E-state index in [0.29, 0.717) is 6.04 Å². The Balaban J connectivity index is 1.85. The first-order chi connectivity index (χ1) is 9.75. The van der Waals surface area contributed by atoms with Crippen molar-refractivity contribution >= 4 is 29.5 Å². The SMILES string of the molecule is O=C(O)CC1CSCCN1C1CCSc2ccccc21. The Kier molecular flexibility index (Phi) is 4.58. The maximum Gasteiger partial charge on any atom is 0.304 e. The van der Waals surface area contributed by atoms with Crippen LogP contribution in [-0.4, -0.2) is 45.8 Å². The monoisotopic (exact) mass is 309 g/mol. The van der Waals surface area contributed by atoms with Crippen LogP contribution in [0.1, 0.15) is 24.4 Å². The second kappa shape index (κ2) is 6.41. The third-order valence-electron chi connectivity index (χ3n) is 4.01. The normalized spacial score (nSPS) is 27.0. The Morgan fingerprint density at radius 1 is 1.35 bits per heavy atom. The van der Waals surface area contributed by atoms with Crippen LogP contribution in [0, 0.1) is 0 Å². The summed E-state index contributed by atoms with van der Waals surface area (Å²) in [6.07, 6.45) is 1.39. The first kappa shape index (κ1) is 14.3. The number of benzene rings is 1. The standard InChI is InChI=1S/C15H19NO2S2/c17-15(18)9-11-10-19-8-6-16(11)13-5-7-20-14-4-2-1-3-12(13)14/h1-4,11,13H,5-10H2,(H,17,18). The molecule has 1 fully saturated rings. The van der Waals surface area contributed by atoms with Gasteiger partial charge in [0, 0.05) is 35.0 Å². The molecule has 1 aromatic carbocycles. The molecule has 3 rings (SSSR count). The molecular formula is C15H19NO2S2. The zero-order chi connectivity index (χ0) is 13.9. The van der Waals surface area contributed by atoms with Crippen molar-refractivity contribution in [1.29, 1.82) is 0 Å². The van der Waals surface area contributed by atoms with E-state index in [1.54, 1.807) is 0 Å². The van der Waals surface area contributed by atoms with E-state index in [9.17, 15) is 4.79 Å². The van der Waals surface area contributed by atoms with Crippen molar-refractivity contribution < 1.29 is 9.90 Å². The number of carbonyl (C=O) groups is 1. The molecule has 5 heteroatoms. The first-order valence-electron chi connectivity index (χ1n) is 7.02. The smallest absolute Gasteiger partial charge is 0.304 e. The van der Waals surface area contributed by atoms with Gasteiger partial charge in [-0.3, -0.25) is 9.69 Å². The molecule has 0 bridgehead atoms. The highest BCUT2D eigenvalue weighted by molar-refractivity contribution is 7.99. The average molecular weight is 309 g/mol. The molecule has 20 heavy (non-hydrogen) atoms. The summed E-state index contributed by atoms with van der Waals surface area (Å²) in [7, 11) is 0. The van der Waals surface area contributed by atoms with Gasteiger partial charge in [0.25, 0.3) is 0 Å². The number of carboxylic acid groups (broad SMARTS) is 1. The average Bonchev–Trinajstić information content (AvgIpc) is 2.47. The number of rotatable bonds is 3. The van der Waals surface area contributed by atoms with Crippen LogP contribution in [0.25, 0.3) is 0 Å². The first-order valence-corrected chi connectivity index (χ1v) is 9.17. The fourth-order valence-electron chi connectivity index (χ4n) is 3.12. The van der Waals surface area contributed by atoms with Gasteiger partial charge in [0.1, 0.15) is 0 Å². The molecule has 2 unspecified atom stereocenters. The van der Waals surface area contributed by atoms with Crippen molar-refractivity contribution in [1.82, 2.24) is 4.90 Å². The Hall–Kier alpha value is -0.650. The fourth-order valence-corrected chi connectivity index (χ4v) is 5.32. The van der Waals surface area contributed by atoms with Gasteiger partial charge in [0.15, 0.2) is 0 Å². The predicted molar refractivity (Wildman–Crippen MR) is 84.6 cm³/mol. The number of fused-ring (bicyclic) bond motifs is 1. The van der Waals surface area contributed by atoms with Gasteiger partial charge in [-0.25, -0.2) is 0 Å². The molecule has 0 aliphatic carbocycles. The summed E-state index contributed by atoms with van der Waals surface area (Å²) in [6.45, 7) is 1.01. The third kappa shape index (κ3) is 3.00. The second-order valence-corrected chi connectivity index (χ2v) is 7.54. The Labute approximate surface area is 128 Å². The minimum Gasteiger partial charge on any atom is -0.481 e. The van der Waals surface area contributed by atoms with Crippen LogP contribution in [0.15, 0.2) is 29.2 Å². The molecule has 1 N–H and O–H groups in total. The Bertz CT molecular complexity index is 495. The largest absolute Gasteiger partial charge is 0.481 e. The van der Waals surface area contributed by atoms with Gasteiger partial charge in [0.05, 0.1) is 6.42 Å². The molecule has 0 saturated carbocycles. The lowest BCUT2D eigenvalue weighted by Crippen LogP contribution is -2.46. The van der Waals surface area contributed by atoms with Crippen LogP contribution >= 0.6 is 23.5 Å². The van der Waals surface area contributed by atoms with Crippen molar-refractivity contribution in [2.75, 3.05) is 23.8 Å². The van der Waals surface area contributed by atoms with E-state index in [1.807, 2.05) is 23.5 Å². The molecule has 2 heterocycles. The van der Waals surface area contributed by atoms with E-state index in [1.165, 1.54) is 10.5 Å². The van der Waals surface area contributed by atoms with Gasteiger partial charge < -0.3 is 5.11 Å². The van der Waals surface area contributed by atoms with Gasteiger partial charge in [-0.2, -0.15) is 11.8 Å². The van der Waals surface area contributed by atoms with E-state index >= 15 is 0 Å². The molecule has 0 radical (unpaired) electrons. The summed E-state index contributed by atoms with van der Waals surface area (Å²) < 4.78 is 0. The number of hydrogen-bond donors (Lipinski definition) is 1. The van der Waals surface area contributed by atoms with E-state index in [-0.39, 0.29) is 12.5 Å². The topological polar surface area (TPSA) is 40.5 Å². The van der Waals surface area contributed by atoms with Crippen molar-refractivity contribution in [3.8, 4) is 0 Å². The molecule has 0 amide bonds. The van der Waals surface area contributed by atoms with Crippen molar-refractivity contribution in [2.24, 2.45) is 0 Å². The van der Waals surface area contributed by atoms with Crippen molar-refractivity contribution in [2.45, 2.75) is 29.8 Å². The fraction of sp³-hybridized carbons (Fsp3) is 0.533.